The second-order valence-corrected chi connectivity index (χ2v) is 7.41. The van der Waals surface area contributed by atoms with Crippen LogP contribution in [0.1, 0.15) is 43.0 Å². The number of esters is 1. The highest BCUT2D eigenvalue weighted by Crippen LogP contribution is 2.22. The van der Waals surface area contributed by atoms with Gasteiger partial charge in [-0.3, -0.25) is 4.79 Å². The lowest BCUT2D eigenvalue weighted by Crippen LogP contribution is -2.29. The van der Waals surface area contributed by atoms with E-state index >= 15 is 0 Å². The minimum absolute atomic E-state index is 0.0193. The Morgan fingerprint density at radius 1 is 1.21 bits per heavy atom. The molecule has 1 fully saturated rings. The number of ether oxygens (including phenoxy) is 1. The summed E-state index contributed by atoms with van der Waals surface area (Å²) in [6.07, 6.45) is 3.53. The van der Waals surface area contributed by atoms with Gasteiger partial charge in [0.1, 0.15) is 0 Å². The van der Waals surface area contributed by atoms with Crippen LogP contribution in [0.2, 0.25) is 0 Å². The first-order chi connectivity index (χ1) is 11.4. The largest absolute Gasteiger partial charge is 0.452 e. The zero-order valence-electron chi connectivity index (χ0n) is 13.6. The average Bonchev–Trinajstić information content (AvgIpc) is 3.36. The Morgan fingerprint density at radius 3 is 2.46 bits per heavy atom. The van der Waals surface area contributed by atoms with Crippen LogP contribution in [0.15, 0.2) is 29.2 Å². The van der Waals surface area contributed by atoms with Crippen LogP contribution in [-0.4, -0.2) is 39.5 Å². The number of hydrogen-bond acceptors (Lipinski definition) is 5. The molecule has 2 rings (SSSR count). The van der Waals surface area contributed by atoms with Gasteiger partial charge in [0.15, 0.2) is 6.61 Å². The van der Waals surface area contributed by atoms with E-state index in [1.165, 1.54) is 24.3 Å². The third-order valence-corrected chi connectivity index (χ3v) is 5.02. The van der Waals surface area contributed by atoms with Crippen molar-refractivity contribution in [2.24, 2.45) is 0 Å². The first-order valence-electron chi connectivity index (χ1n) is 7.98. The lowest BCUT2D eigenvalue weighted by Gasteiger charge is -2.08. The number of unbranched alkanes of at least 4 members (excludes halogenated alkanes) is 1. The van der Waals surface area contributed by atoms with E-state index in [0.717, 1.165) is 25.7 Å². The number of benzene rings is 1. The quantitative estimate of drug-likeness (QED) is 0.512. The molecule has 7 nitrogen and oxygen atoms in total. The molecule has 0 unspecified atom stereocenters. The summed E-state index contributed by atoms with van der Waals surface area (Å²) >= 11 is 0. The van der Waals surface area contributed by atoms with E-state index in [1.54, 1.807) is 0 Å². The summed E-state index contributed by atoms with van der Waals surface area (Å²) in [6, 6.07) is 5.47. The van der Waals surface area contributed by atoms with E-state index in [2.05, 4.69) is 10.0 Å². The number of rotatable bonds is 9. The summed E-state index contributed by atoms with van der Waals surface area (Å²) in [5, 5.41) is 2.64. The van der Waals surface area contributed by atoms with Gasteiger partial charge in [-0.15, -0.1) is 0 Å². The second kappa shape index (κ2) is 8.25. The molecule has 0 saturated heterocycles. The Kier molecular flexibility index (Phi) is 6.33. The molecule has 8 heteroatoms. The van der Waals surface area contributed by atoms with E-state index in [4.69, 9.17) is 4.74 Å². The van der Waals surface area contributed by atoms with Crippen LogP contribution >= 0.6 is 0 Å². The Labute approximate surface area is 141 Å². The second-order valence-electron chi connectivity index (χ2n) is 5.70. The third kappa shape index (κ3) is 5.61. The number of carbonyl (C=O) groups is 2. The third-order valence-electron chi connectivity index (χ3n) is 3.49. The van der Waals surface area contributed by atoms with Crippen LogP contribution in [0.5, 0.6) is 0 Å². The minimum Gasteiger partial charge on any atom is -0.452 e. The molecule has 1 aliphatic rings. The molecule has 1 aromatic carbocycles. The van der Waals surface area contributed by atoms with Gasteiger partial charge in [0.2, 0.25) is 10.0 Å². The number of amides is 1. The molecule has 1 aromatic rings. The number of sulfonamides is 1. The topological polar surface area (TPSA) is 102 Å². The van der Waals surface area contributed by atoms with Crippen LogP contribution in [0.25, 0.3) is 0 Å². The van der Waals surface area contributed by atoms with Crippen molar-refractivity contribution in [2.45, 2.75) is 43.5 Å². The minimum atomic E-state index is -3.54. The molecule has 1 saturated carbocycles. The fourth-order valence-corrected chi connectivity index (χ4v) is 3.23. The number of carbonyl (C=O) groups excluding carboxylic acids is 2. The molecule has 132 valence electrons. The first-order valence-corrected chi connectivity index (χ1v) is 9.47. The van der Waals surface area contributed by atoms with Gasteiger partial charge < -0.3 is 10.1 Å². The Balaban J connectivity index is 1.85. The van der Waals surface area contributed by atoms with Gasteiger partial charge in [-0.1, -0.05) is 13.3 Å². The van der Waals surface area contributed by atoms with Crippen molar-refractivity contribution in [2.75, 3.05) is 13.2 Å². The van der Waals surface area contributed by atoms with E-state index in [1.807, 2.05) is 6.92 Å². The summed E-state index contributed by atoms with van der Waals surface area (Å²) in [4.78, 5) is 23.4. The smallest absolute Gasteiger partial charge is 0.338 e. The molecule has 0 aromatic heterocycles. The highest BCUT2D eigenvalue weighted by molar-refractivity contribution is 7.89. The Hall–Kier alpha value is -1.93. The van der Waals surface area contributed by atoms with Crippen molar-refractivity contribution in [1.82, 2.24) is 10.0 Å². The van der Waals surface area contributed by atoms with Crippen molar-refractivity contribution in [3.05, 3.63) is 29.8 Å². The van der Waals surface area contributed by atoms with E-state index in [-0.39, 0.29) is 29.0 Å². The Bertz CT molecular complexity index is 681. The van der Waals surface area contributed by atoms with Crippen LogP contribution < -0.4 is 10.0 Å². The maximum atomic E-state index is 12.0. The van der Waals surface area contributed by atoms with E-state index in [9.17, 15) is 18.0 Å². The predicted molar refractivity (Wildman–Crippen MR) is 88.0 cm³/mol. The van der Waals surface area contributed by atoms with Crippen molar-refractivity contribution in [1.29, 1.82) is 0 Å². The number of hydrogen-bond donors (Lipinski definition) is 2. The molecule has 1 amide bonds. The molecule has 0 atom stereocenters. The maximum absolute atomic E-state index is 12.0. The van der Waals surface area contributed by atoms with Crippen LogP contribution in [0, 0.1) is 0 Å². The lowest BCUT2D eigenvalue weighted by atomic mass is 10.2. The van der Waals surface area contributed by atoms with Crippen molar-refractivity contribution in [3.8, 4) is 0 Å². The van der Waals surface area contributed by atoms with Crippen LogP contribution in [-0.2, 0) is 19.6 Å². The molecule has 0 bridgehead atoms. The molecule has 0 heterocycles. The standard InChI is InChI=1S/C16H22N2O5S/c1-2-3-10-17-15(19)11-23-16(20)12-4-8-14(9-5-12)24(21,22)18-13-6-7-13/h4-5,8-9,13,18H,2-3,6-7,10-11H2,1H3,(H,17,19). The van der Waals surface area contributed by atoms with Gasteiger partial charge in [0.05, 0.1) is 10.5 Å². The summed E-state index contributed by atoms with van der Waals surface area (Å²) in [5.74, 6) is -1.02. The van der Waals surface area contributed by atoms with Gasteiger partial charge in [0.25, 0.3) is 5.91 Å². The highest BCUT2D eigenvalue weighted by atomic mass is 32.2. The van der Waals surface area contributed by atoms with Crippen LogP contribution in [0.3, 0.4) is 0 Å². The fraction of sp³-hybridized carbons (Fsp3) is 0.500. The monoisotopic (exact) mass is 354 g/mol. The van der Waals surface area contributed by atoms with E-state index < -0.39 is 16.0 Å². The predicted octanol–water partition coefficient (Wildman–Crippen LogP) is 1.20. The van der Waals surface area contributed by atoms with Gasteiger partial charge in [-0.2, -0.15) is 0 Å². The average molecular weight is 354 g/mol. The van der Waals surface area contributed by atoms with E-state index in [0.29, 0.717) is 6.54 Å². The fourth-order valence-electron chi connectivity index (χ4n) is 1.93. The van der Waals surface area contributed by atoms with Gasteiger partial charge in [-0.05, 0) is 43.5 Å². The Morgan fingerprint density at radius 2 is 1.88 bits per heavy atom. The molecule has 0 spiro atoms. The summed E-state index contributed by atoms with van der Waals surface area (Å²) in [5.41, 5.74) is 0.196. The summed E-state index contributed by atoms with van der Waals surface area (Å²) < 4.78 is 31.5. The van der Waals surface area contributed by atoms with Crippen molar-refractivity contribution in [3.63, 3.8) is 0 Å². The van der Waals surface area contributed by atoms with Crippen molar-refractivity contribution < 1.29 is 22.7 Å². The molecular formula is C16H22N2O5S. The zero-order valence-corrected chi connectivity index (χ0v) is 14.4. The zero-order chi connectivity index (χ0) is 17.6. The molecular weight excluding hydrogens is 332 g/mol. The van der Waals surface area contributed by atoms with Gasteiger partial charge in [-0.25, -0.2) is 17.9 Å². The molecule has 0 radical (unpaired) electrons. The molecule has 24 heavy (non-hydrogen) atoms. The normalized spacial score (nSPS) is 14.2. The summed E-state index contributed by atoms with van der Waals surface area (Å²) in [6.45, 7) is 2.20. The lowest BCUT2D eigenvalue weighted by molar-refractivity contribution is -0.124. The summed E-state index contributed by atoms with van der Waals surface area (Å²) in [7, 11) is -3.54. The first kappa shape index (κ1) is 18.4. The maximum Gasteiger partial charge on any atom is 0.338 e. The highest BCUT2D eigenvalue weighted by Gasteiger charge is 2.28. The molecule has 2 N–H and O–H groups in total. The van der Waals surface area contributed by atoms with Gasteiger partial charge in [0, 0.05) is 12.6 Å². The van der Waals surface area contributed by atoms with Crippen LogP contribution in [0.4, 0.5) is 0 Å². The number of nitrogens with one attached hydrogen (secondary N) is 2. The molecule has 1 aliphatic carbocycles. The SMILES string of the molecule is CCCCNC(=O)COC(=O)c1ccc(S(=O)(=O)NC2CC2)cc1. The van der Waals surface area contributed by atoms with Gasteiger partial charge >= 0.3 is 5.97 Å². The van der Waals surface area contributed by atoms with Crippen molar-refractivity contribution >= 4 is 21.9 Å². The molecule has 0 aliphatic heterocycles.